The molecule has 66 valence electrons. The number of benzene rings is 1. The van der Waals surface area contributed by atoms with E-state index in [1.165, 1.54) is 17.5 Å². The maximum atomic E-state index is 13.1. The van der Waals surface area contributed by atoms with Crippen LogP contribution in [-0.4, -0.2) is 11.4 Å². The lowest BCUT2D eigenvalue weighted by molar-refractivity contribution is 0.112. The Balaban J connectivity index is 2.92. The first-order chi connectivity index (χ1) is 6.22. The number of fused-ring (bicyclic) bond motifs is 1. The van der Waals surface area contributed by atoms with Gasteiger partial charge in [-0.3, -0.25) is 4.79 Å². The van der Waals surface area contributed by atoms with E-state index in [0.29, 0.717) is 11.0 Å². The number of phenols is 1. The summed E-state index contributed by atoms with van der Waals surface area (Å²) in [4.78, 5) is 10.5. The predicted octanol–water partition coefficient (Wildman–Crippen LogP) is 2.56. The van der Waals surface area contributed by atoms with E-state index in [0.717, 1.165) is 11.3 Å². The van der Waals surface area contributed by atoms with E-state index in [4.69, 9.17) is 0 Å². The number of hydrogen-bond donors (Lipinski definition) is 1. The van der Waals surface area contributed by atoms with E-state index >= 15 is 0 Å². The van der Waals surface area contributed by atoms with Crippen molar-refractivity contribution in [2.24, 2.45) is 0 Å². The Labute approximate surface area is 77.2 Å². The van der Waals surface area contributed by atoms with Crippen molar-refractivity contribution in [1.29, 1.82) is 0 Å². The van der Waals surface area contributed by atoms with Crippen LogP contribution >= 0.6 is 11.3 Å². The Morgan fingerprint density at radius 3 is 2.92 bits per heavy atom. The highest BCUT2D eigenvalue weighted by Crippen LogP contribution is 2.30. The second kappa shape index (κ2) is 2.81. The maximum Gasteiger partial charge on any atom is 0.150 e. The average molecular weight is 196 g/mol. The molecule has 4 heteroatoms. The molecule has 0 amide bonds. The molecule has 2 rings (SSSR count). The number of phenolic OH excluding ortho intramolecular Hbond substituents is 1. The molecule has 0 radical (unpaired) electrons. The molecule has 1 heterocycles. The van der Waals surface area contributed by atoms with Crippen LogP contribution < -0.4 is 0 Å². The third-order valence-electron chi connectivity index (χ3n) is 1.77. The van der Waals surface area contributed by atoms with Crippen LogP contribution in [0, 0.1) is 5.82 Å². The molecule has 0 fully saturated rings. The van der Waals surface area contributed by atoms with Gasteiger partial charge < -0.3 is 5.11 Å². The van der Waals surface area contributed by atoms with Crippen molar-refractivity contribution < 1.29 is 14.3 Å². The van der Waals surface area contributed by atoms with Gasteiger partial charge in [0.2, 0.25) is 0 Å². The minimum atomic E-state index is -0.415. The second-order valence-corrected chi connectivity index (χ2v) is 3.52. The van der Waals surface area contributed by atoms with Crippen LogP contribution in [-0.2, 0) is 0 Å². The van der Waals surface area contributed by atoms with E-state index < -0.39 is 5.82 Å². The van der Waals surface area contributed by atoms with Gasteiger partial charge in [-0.15, -0.1) is 11.3 Å². The van der Waals surface area contributed by atoms with Gasteiger partial charge in [0.25, 0.3) is 0 Å². The van der Waals surface area contributed by atoms with Crippen molar-refractivity contribution in [3.8, 4) is 5.75 Å². The number of halogens is 1. The Kier molecular flexibility index (Phi) is 1.77. The summed E-state index contributed by atoms with van der Waals surface area (Å²) in [6.45, 7) is 0. The molecule has 0 unspecified atom stereocenters. The van der Waals surface area contributed by atoms with Gasteiger partial charge in [-0.05, 0) is 12.1 Å². The number of carbonyl (C=O) groups excluding carboxylic acids is 1. The topological polar surface area (TPSA) is 37.3 Å². The molecule has 0 saturated heterocycles. The minimum absolute atomic E-state index is 0.0172. The highest BCUT2D eigenvalue weighted by Gasteiger charge is 2.09. The molecule has 13 heavy (non-hydrogen) atoms. The van der Waals surface area contributed by atoms with Crippen molar-refractivity contribution in [3.05, 3.63) is 28.9 Å². The monoisotopic (exact) mass is 196 g/mol. The third kappa shape index (κ3) is 1.19. The van der Waals surface area contributed by atoms with Crippen LogP contribution in [0.25, 0.3) is 10.1 Å². The summed E-state index contributed by atoms with van der Waals surface area (Å²) in [5.41, 5.74) is 0.189. The van der Waals surface area contributed by atoms with Crippen molar-refractivity contribution in [1.82, 2.24) is 0 Å². The van der Waals surface area contributed by atoms with Crippen LogP contribution in [0.2, 0.25) is 0 Å². The van der Waals surface area contributed by atoms with Gasteiger partial charge in [-0.2, -0.15) is 0 Å². The first kappa shape index (κ1) is 8.19. The highest BCUT2D eigenvalue weighted by atomic mass is 32.1. The van der Waals surface area contributed by atoms with E-state index in [2.05, 4.69) is 0 Å². The van der Waals surface area contributed by atoms with Crippen LogP contribution in [0.3, 0.4) is 0 Å². The molecule has 0 aliphatic carbocycles. The van der Waals surface area contributed by atoms with Gasteiger partial charge in [0, 0.05) is 21.0 Å². The number of hydrogen-bond acceptors (Lipinski definition) is 3. The Morgan fingerprint density at radius 1 is 1.46 bits per heavy atom. The number of thiophene rings is 1. The lowest BCUT2D eigenvalue weighted by Crippen LogP contribution is -1.82. The molecule has 0 bridgehead atoms. The summed E-state index contributed by atoms with van der Waals surface area (Å²) in [6, 6.07) is 2.70. The van der Waals surface area contributed by atoms with Gasteiger partial charge in [0.1, 0.15) is 11.6 Å². The Morgan fingerprint density at radius 2 is 2.23 bits per heavy atom. The molecule has 0 atom stereocenters. The normalized spacial score (nSPS) is 10.5. The fourth-order valence-corrected chi connectivity index (χ4v) is 2.11. The van der Waals surface area contributed by atoms with Crippen LogP contribution in [0.1, 0.15) is 10.4 Å². The summed E-state index contributed by atoms with van der Waals surface area (Å²) in [7, 11) is 0. The number of carbonyl (C=O) groups is 1. The fourth-order valence-electron chi connectivity index (χ4n) is 1.24. The molecule has 0 aliphatic rings. The maximum absolute atomic E-state index is 13.1. The molecule has 1 aromatic carbocycles. The zero-order valence-electron chi connectivity index (χ0n) is 6.45. The zero-order chi connectivity index (χ0) is 9.42. The Bertz CT molecular complexity index is 476. The van der Waals surface area contributed by atoms with Gasteiger partial charge in [0.15, 0.2) is 6.29 Å². The van der Waals surface area contributed by atoms with Gasteiger partial charge >= 0.3 is 0 Å². The van der Waals surface area contributed by atoms with Crippen molar-refractivity contribution in [2.75, 3.05) is 0 Å². The lowest BCUT2D eigenvalue weighted by atomic mass is 10.1. The first-order valence-electron chi connectivity index (χ1n) is 3.57. The summed E-state index contributed by atoms with van der Waals surface area (Å²) >= 11 is 1.16. The summed E-state index contributed by atoms with van der Waals surface area (Å²) in [5.74, 6) is -0.432. The summed E-state index contributed by atoms with van der Waals surface area (Å²) in [6.07, 6.45) is 0.540. The molecule has 0 saturated carbocycles. The number of aldehydes is 1. The van der Waals surface area contributed by atoms with Crippen LogP contribution in [0.5, 0.6) is 5.75 Å². The third-order valence-corrected chi connectivity index (χ3v) is 2.67. The van der Waals surface area contributed by atoms with Crippen LogP contribution in [0.15, 0.2) is 17.5 Å². The molecule has 0 aliphatic heterocycles. The second-order valence-electron chi connectivity index (χ2n) is 2.61. The first-order valence-corrected chi connectivity index (χ1v) is 4.45. The largest absolute Gasteiger partial charge is 0.508 e. The number of rotatable bonds is 1. The SMILES string of the molecule is O=Cc1cc(O)cc2scc(F)c12. The molecule has 1 N–H and O–H groups in total. The highest BCUT2D eigenvalue weighted by molar-refractivity contribution is 7.17. The van der Waals surface area contributed by atoms with E-state index in [1.54, 1.807) is 0 Å². The molecule has 1 aromatic heterocycles. The molecular weight excluding hydrogens is 191 g/mol. The van der Waals surface area contributed by atoms with E-state index in [-0.39, 0.29) is 16.7 Å². The van der Waals surface area contributed by atoms with Gasteiger partial charge in [0.05, 0.1) is 0 Å². The molecule has 0 spiro atoms. The molecular formula is C9H5FO2S. The molecule has 2 aromatic rings. The fraction of sp³-hybridized carbons (Fsp3) is 0. The predicted molar refractivity (Wildman–Crippen MR) is 48.8 cm³/mol. The van der Waals surface area contributed by atoms with Gasteiger partial charge in [-0.1, -0.05) is 0 Å². The summed E-state index contributed by atoms with van der Waals surface area (Å²) in [5, 5.41) is 10.8. The van der Waals surface area contributed by atoms with Crippen LogP contribution in [0.4, 0.5) is 4.39 Å². The quantitative estimate of drug-likeness (QED) is 0.711. The standard InChI is InChI=1S/C9H5FO2S/c10-7-4-13-8-2-6(12)1-5(3-11)9(7)8/h1-4,12H. The number of aromatic hydroxyl groups is 1. The average Bonchev–Trinajstić information content (AvgIpc) is 2.46. The summed E-state index contributed by atoms with van der Waals surface area (Å²) < 4.78 is 13.7. The van der Waals surface area contributed by atoms with E-state index in [9.17, 15) is 14.3 Å². The Hall–Kier alpha value is -1.42. The van der Waals surface area contributed by atoms with Crippen molar-refractivity contribution in [2.45, 2.75) is 0 Å². The van der Waals surface area contributed by atoms with Crippen molar-refractivity contribution in [3.63, 3.8) is 0 Å². The minimum Gasteiger partial charge on any atom is -0.508 e. The van der Waals surface area contributed by atoms with Gasteiger partial charge in [-0.25, -0.2) is 4.39 Å². The van der Waals surface area contributed by atoms with Crippen molar-refractivity contribution >= 4 is 27.7 Å². The zero-order valence-corrected chi connectivity index (χ0v) is 7.27. The molecule has 2 nitrogen and oxygen atoms in total. The lowest BCUT2D eigenvalue weighted by Gasteiger charge is -1.96. The van der Waals surface area contributed by atoms with E-state index in [1.807, 2.05) is 0 Å². The smallest absolute Gasteiger partial charge is 0.150 e.